The van der Waals surface area contributed by atoms with Crippen LogP contribution in [0, 0.1) is 10.5 Å². The summed E-state index contributed by atoms with van der Waals surface area (Å²) in [4.78, 5) is 0. The molecule has 1 atom stereocenters. The first-order valence-electron chi connectivity index (χ1n) is 4.17. The molecule has 0 amide bonds. The molecule has 83 valence electrons. The van der Waals surface area contributed by atoms with Gasteiger partial charge in [-0.15, -0.1) is 13.2 Å². The zero-order valence-corrected chi connectivity index (χ0v) is 10.1. The largest absolute Gasteiger partial charge is 0.573 e. The second-order valence-corrected chi connectivity index (χ2v) is 4.41. The second kappa shape index (κ2) is 4.59. The smallest absolute Gasteiger partial charge is 0.406 e. The summed E-state index contributed by atoms with van der Waals surface area (Å²) in [5.74, 6) is -0.268. The van der Waals surface area contributed by atoms with Gasteiger partial charge in [0.2, 0.25) is 0 Å². The van der Waals surface area contributed by atoms with Gasteiger partial charge in [-0.05, 0) is 59.2 Å². The Balaban J connectivity index is 2.99. The van der Waals surface area contributed by atoms with Crippen molar-refractivity contribution in [1.29, 1.82) is 0 Å². The predicted molar refractivity (Wildman–Crippen MR) is 59.6 cm³/mol. The van der Waals surface area contributed by atoms with E-state index >= 15 is 0 Å². The number of ether oxygens (including phenoxy) is 1. The van der Waals surface area contributed by atoms with Crippen molar-refractivity contribution in [1.82, 2.24) is 0 Å². The van der Waals surface area contributed by atoms with Crippen LogP contribution in [-0.4, -0.2) is 6.36 Å². The third-order valence-electron chi connectivity index (χ3n) is 1.70. The molecule has 0 aliphatic rings. The first-order valence-corrected chi connectivity index (χ1v) is 5.25. The van der Waals surface area contributed by atoms with E-state index in [-0.39, 0.29) is 11.7 Å². The van der Waals surface area contributed by atoms with Crippen LogP contribution in [0.25, 0.3) is 0 Å². The maximum atomic E-state index is 12.0. The first kappa shape index (κ1) is 12.6. The van der Waals surface area contributed by atoms with Gasteiger partial charge in [-0.2, -0.15) is 0 Å². The molecule has 1 nitrogen and oxygen atoms in total. The van der Waals surface area contributed by atoms with Gasteiger partial charge in [-0.25, -0.2) is 0 Å². The zero-order chi connectivity index (χ0) is 11.6. The van der Waals surface area contributed by atoms with Gasteiger partial charge in [0, 0.05) is 3.57 Å². The van der Waals surface area contributed by atoms with Crippen molar-refractivity contribution in [3.63, 3.8) is 0 Å². The van der Waals surface area contributed by atoms with E-state index < -0.39 is 6.36 Å². The number of hydrogen-bond acceptors (Lipinski definition) is 1. The topological polar surface area (TPSA) is 9.23 Å². The number of alkyl halides is 3. The lowest BCUT2D eigenvalue weighted by Gasteiger charge is -2.12. The van der Waals surface area contributed by atoms with Crippen molar-refractivity contribution in [2.75, 3.05) is 0 Å². The summed E-state index contributed by atoms with van der Waals surface area (Å²) in [7, 11) is 0. The molecule has 0 heterocycles. The third kappa shape index (κ3) is 4.27. The highest BCUT2D eigenvalue weighted by Gasteiger charge is 2.31. The van der Waals surface area contributed by atoms with Crippen molar-refractivity contribution in [2.45, 2.75) is 19.2 Å². The number of benzene rings is 1. The minimum atomic E-state index is -4.65. The average molecular weight is 329 g/mol. The average Bonchev–Trinajstić information content (AvgIpc) is 1.99. The highest BCUT2D eigenvalue weighted by atomic mass is 127. The first-order chi connectivity index (χ1) is 6.78. The van der Waals surface area contributed by atoms with Crippen LogP contribution in [0.15, 0.2) is 18.2 Å². The molecule has 0 aromatic heterocycles. The van der Waals surface area contributed by atoms with Crippen LogP contribution in [0.5, 0.6) is 5.75 Å². The number of hydrogen-bond donors (Lipinski definition) is 0. The van der Waals surface area contributed by atoms with Gasteiger partial charge in [-0.3, -0.25) is 0 Å². The summed E-state index contributed by atoms with van der Waals surface area (Å²) < 4.78 is 40.4. The van der Waals surface area contributed by atoms with E-state index in [1.54, 1.807) is 6.07 Å². The lowest BCUT2D eigenvalue weighted by molar-refractivity contribution is -0.274. The number of rotatable bonds is 2. The van der Waals surface area contributed by atoms with Crippen molar-refractivity contribution < 1.29 is 17.9 Å². The van der Waals surface area contributed by atoms with Gasteiger partial charge >= 0.3 is 6.36 Å². The minimum absolute atomic E-state index is 0.0738. The molecule has 1 aromatic carbocycles. The molecule has 0 N–H and O–H groups in total. The Kier molecular flexibility index (Phi) is 3.86. The van der Waals surface area contributed by atoms with Crippen molar-refractivity contribution in [2.24, 2.45) is 0 Å². The van der Waals surface area contributed by atoms with E-state index in [1.807, 2.05) is 29.5 Å². The highest BCUT2D eigenvalue weighted by molar-refractivity contribution is 14.1. The fraction of sp³-hybridized carbons (Fsp3) is 0.300. The molecule has 5 heteroatoms. The molecule has 15 heavy (non-hydrogen) atoms. The summed E-state index contributed by atoms with van der Waals surface area (Å²) in [5.41, 5.74) is 0.723. The molecule has 0 aliphatic heterocycles. The number of halogens is 4. The van der Waals surface area contributed by atoms with Gasteiger partial charge in [-0.1, -0.05) is 6.92 Å². The normalized spacial score (nSPS) is 11.9. The van der Waals surface area contributed by atoms with Crippen LogP contribution in [0.1, 0.15) is 18.4 Å². The molecule has 1 aromatic rings. The quantitative estimate of drug-likeness (QED) is 0.742. The van der Waals surface area contributed by atoms with Crippen LogP contribution in [0.3, 0.4) is 0 Å². The minimum Gasteiger partial charge on any atom is -0.406 e. The van der Waals surface area contributed by atoms with E-state index in [0.717, 1.165) is 5.56 Å². The van der Waals surface area contributed by atoms with E-state index in [2.05, 4.69) is 11.7 Å². The monoisotopic (exact) mass is 329 g/mol. The third-order valence-corrected chi connectivity index (χ3v) is 2.32. The molecular weight excluding hydrogens is 320 g/mol. The summed E-state index contributed by atoms with van der Waals surface area (Å²) in [6, 6.07) is 4.47. The van der Waals surface area contributed by atoms with Crippen LogP contribution in [-0.2, 0) is 0 Å². The molecule has 0 saturated carbocycles. The lowest BCUT2D eigenvalue weighted by Crippen LogP contribution is -2.17. The van der Waals surface area contributed by atoms with Crippen LogP contribution < -0.4 is 4.74 Å². The molecule has 0 saturated heterocycles. The Morgan fingerprint density at radius 2 is 1.93 bits per heavy atom. The summed E-state index contributed by atoms with van der Waals surface area (Å²) >= 11 is 1.94. The molecule has 0 bridgehead atoms. The molecule has 0 fully saturated rings. The Bertz CT molecular complexity index is 347. The zero-order valence-electron chi connectivity index (χ0n) is 7.94. The Morgan fingerprint density at radius 1 is 1.33 bits per heavy atom. The van der Waals surface area contributed by atoms with Crippen molar-refractivity contribution >= 4 is 22.6 Å². The van der Waals surface area contributed by atoms with Gasteiger partial charge in [0.05, 0.1) is 0 Å². The Labute approximate surface area is 99.8 Å². The molecule has 1 rings (SSSR count). The van der Waals surface area contributed by atoms with Crippen molar-refractivity contribution in [3.8, 4) is 5.75 Å². The summed E-state index contributed by atoms with van der Waals surface area (Å²) in [6.45, 7) is 5.56. The summed E-state index contributed by atoms with van der Waals surface area (Å²) in [6.07, 6.45) is -4.65. The SMILES string of the molecule is [CH2]C(C)c1cc(I)cc(OC(F)(F)F)c1. The van der Waals surface area contributed by atoms with E-state index in [1.165, 1.54) is 12.1 Å². The van der Waals surface area contributed by atoms with Gasteiger partial charge in [0.15, 0.2) is 0 Å². The molecule has 0 spiro atoms. The molecular formula is C10H9F3IO. The lowest BCUT2D eigenvalue weighted by atomic mass is 10.0. The maximum absolute atomic E-state index is 12.0. The van der Waals surface area contributed by atoms with Gasteiger partial charge in [0.25, 0.3) is 0 Å². The highest BCUT2D eigenvalue weighted by Crippen LogP contribution is 2.28. The van der Waals surface area contributed by atoms with Gasteiger partial charge < -0.3 is 4.74 Å². The van der Waals surface area contributed by atoms with Gasteiger partial charge in [0.1, 0.15) is 5.75 Å². The Morgan fingerprint density at radius 3 is 2.40 bits per heavy atom. The predicted octanol–water partition coefficient (Wildman–Crippen LogP) is 4.13. The fourth-order valence-corrected chi connectivity index (χ4v) is 1.73. The van der Waals surface area contributed by atoms with Crippen LogP contribution in [0.2, 0.25) is 0 Å². The van der Waals surface area contributed by atoms with E-state index in [9.17, 15) is 13.2 Å². The van der Waals surface area contributed by atoms with Crippen LogP contribution in [0.4, 0.5) is 13.2 Å². The fourth-order valence-electron chi connectivity index (χ4n) is 1.06. The summed E-state index contributed by atoms with van der Waals surface area (Å²) in [5, 5.41) is 0. The van der Waals surface area contributed by atoms with Crippen molar-refractivity contribution in [3.05, 3.63) is 34.3 Å². The van der Waals surface area contributed by atoms with E-state index in [0.29, 0.717) is 3.57 Å². The molecule has 1 radical (unpaired) electrons. The van der Waals surface area contributed by atoms with Crippen LogP contribution >= 0.6 is 22.6 Å². The standard InChI is InChI=1S/C10H9F3IO/c1-6(2)7-3-8(14)5-9(4-7)15-10(11,12)13/h3-6H,1H2,2H3. The molecule has 1 unspecified atom stereocenters. The van der Waals surface area contributed by atoms with E-state index in [4.69, 9.17) is 0 Å². The second-order valence-electron chi connectivity index (χ2n) is 3.17. The Hall–Kier alpha value is -0.460. The maximum Gasteiger partial charge on any atom is 0.573 e. The molecule has 0 aliphatic carbocycles.